The molecule has 1 spiro atoms. The highest BCUT2D eigenvalue weighted by Crippen LogP contribution is 2.75. The summed E-state index contributed by atoms with van der Waals surface area (Å²) in [5, 5.41) is 0. The van der Waals surface area contributed by atoms with Gasteiger partial charge in [0, 0.05) is 36.3 Å². The number of carbonyl (C=O) groups is 4. The lowest BCUT2D eigenvalue weighted by atomic mass is 9.49. The van der Waals surface area contributed by atoms with E-state index < -0.39 is 29.6 Å². The molecule has 8 nitrogen and oxygen atoms in total. The molecule has 0 aromatic heterocycles. The molecule has 2 aliphatic heterocycles. The van der Waals surface area contributed by atoms with Crippen LogP contribution in [0.5, 0.6) is 11.5 Å². The molecule has 4 fully saturated rings. The van der Waals surface area contributed by atoms with E-state index in [0.717, 1.165) is 19.3 Å². The van der Waals surface area contributed by atoms with E-state index in [9.17, 15) is 19.2 Å². The smallest absolute Gasteiger partial charge is 0.310 e. The van der Waals surface area contributed by atoms with Crippen LogP contribution in [0.15, 0.2) is 12.1 Å². The van der Waals surface area contributed by atoms with Crippen LogP contribution in [0.3, 0.4) is 0 Å². The molecule has 0 radical (unpaired) electrons. The molecule has 2 heterocycles. The lowest BCUT2D eigenvalue weighted by Crippen LogP contribution is -2.51. The molecule has 2 bridgehead atoms. The zero-order valence-electron chi connectivity index (χ0n) is 18.8. The van der Waals surface area contributed by atoms with Gasteiger partial charge in [-0.15, -0.1) is 0 Å². The van der Waals surface area contributed by atoms with Crippen molar-refractivity contribution in [2.45, 2.75) is 58.7 Å². The van der Waals surface area contributed by atoms with Crippen molar-refractivity contribution in [2.24, 2.45) is 35.0 Å². The number of benzene rings is 1. The Kier molecular flexibility index (Phi) is 4.27. The molecule has 1 aromatic rings. The summed E-state index contributed by atoms with van der Waals surface area (Å²) in [6.45, 7) is 4.52. The van der Waals surface area contributed by atoms with Crippen molar-refractivity contribution in [1.82, 2.24) is 0 Å². The zero-order valence-corrected chi connectivity index (χ0v) is 18.8. The maximum absolute atomic E-state index is 13.2. The third-order valence-corrected chi connectivity index (χ3v) is 8.83. The first kappa shape index (κ1) is 20.7. The summed E-state index contributed by atoms with van der Waals surface area (Å²) >= 11 is 0. The van der Waals surface area contributed by atoms with Crippen molar-refractivity contribution in [3.63, 3.8) is 0 Å². The standard InChI is InChI=1S/C25H26O8/c1-10-13-8-9-25-15(13)5-4-14-20(25)21(32-24(14)29)18-16(30-11(2)26)6-7-17(31-12(3)27)19(18)22(25)33-23(10)28/h6-7,10,13-15,20-22H,4-5,8-9H2,1-3H3. The molecule has 6 rings (SSSR count). The van der Waals surface area contributed by atoms with Crippen molar-refractivity contribution in [2.75, 3.05) is 0 Å². The van der Waals surface area contributed by atoms with E-state index in [1.165, 1.54) is 13.8 Å². The van der Waals surface area contributed by atoms with Gasteiger partial charge in [-0.2, -0.15) is 0 Å². The fraction of sp³-hybridized carbons (Fsp3) is 0.600. The highest BCUT2D eigenvalue weighted by atomic mass is 16.6. The minimum Gasteiger partial charge on any atom is -0.457 e. The fourth-order valence-corrected chi connectivity index (χ4v) is 7.88. The van der Waals surface area contributed by atoms with Gasteiger partial charge in [-0.3, -0.25) is 19.2 Å². The van der Waals surface area contributed by atoms with Crippen LogP contribution in [0.4, 0.5) is 0 Å². The third kappa shape index (κ3) is 2.58. The van der Waals surface area contributed by atoms with Crippen molar-refractivity contribution in [1.29, 1.82) is 0 Å². The Morgan fingerprint density at radius 1 is 0.939 bits per heavy atom. The fourth-order valence-electron chi connectivity index (χ4n) is 7.88. The number of fused-ring (bicyclic) bond motifs is 3. The van der Waals surface area contributed by atoms with Crippen molar-refractivity contribution in [3.05, 3.63) is 23.3 Å². The number of carbonyl (C=O) groups excluding carboxylic acids is 4. The molecule has 0 amide bonds. The molecule has 2 saturated heterocycles. The van der Waals surface area contributed by atoms with E-state index in [1.54, 1.807) is 12.1 Å². The van der Waals surface area contributed by atoms with Gasteiger partial charge >= 0.3 is 23.9 Å². The summed E-state index contributed by atoms with van der Waals surface area (Å²) in [6.07, 6.45) is 1.86. The Morgan fingerprint density at radius 3 is 2.27 bits per heavy atom. The van der Waals surface area contributed by atoms with E-state index in [-0.39, 0.29) is 53.0 Å². The summed E-state index contributed by atoms with van der Waals surface area (Å²) in [5.74, 6) is -1.46. The Labute approximate surface area is 190 Å². The number of hydrogen-bond acceptors (Lipinski definition) is 8. The van der Waals surface area contributed by atoms with Gasteiger partial charge in [-0.05, 0) is 49.7 Å². The third-order valence-electron chi connectivity index (χ3n) is 8.83. The minimum absolute atomic E-state index is 0.176. The molecular weight excluding hydrogens is 428 g/mol. The van der Waals surface area contributed by atoms with Crippen LogP contribution in [-0.4, -0.2) is 23.9 Å². The molecule has 8 atom stereocenters. The van der Waals surface area contributed by atoms with E-state index >= 15 is 0 Å². The zero-order chi connectivity index (χ0) is 23.2. The minimum atomic E-state index is -0.705. The molecule has 0 N–H and O–H groups in total. The Hall–Kier alpha value is -2.90. The van der Waals surface area contributed by atoms with Gasteiger partial charge in [0.1, 0.15) is 23.7 Å². The molecule has 8 unspecified atom stereocenters. The largest absolute Gasteiger partial charge is 0.457 e. The Balaban J connectivity index is 1.67. The molecule has 2 saturated carbocycles. The lowest BCUT2D eigenvalue weighted by Gasteiger charge is -2.54. The van der Waals surface area contributed by atoms with Gasteiger partial charge in [-0.1, -0.05) is 6.92 Å². The Morgan fingerprint density at radius 2 is 1.61 bits per heavy atom. The number of hydrogen-bond donors (Lipinski definition) is 0. The summed E-state index contributed by atoms with van der Waals surface area (Å²) in [4.78, 5) is 50.1. The van der Waals surface area contributed by atoms with E-state index in [1.807, 2.05) is 6.92 Å². The highest BCUT2D eigenvalue weighted by molar-refractivity contribution is 5.80. The molecule has 33 heavy (non-hydrogen) atoms. The summed E-state index contributed by atoms with van der Waals surface area (Å²) in [7, 11) is 0. The van der Waals surface area contributed by atoms with Crippen molar-refractivity contribution >= 4 is 23.9 Å². The topological polar surface area (TPSA) is 105 Å². The van der Waals surface area contributed by atoms with Gasteiger partial charge in [-0.25, -0.2) is 0 Å². The summed E-state index contributed by atoms with van der Waals surface area (Å²) in [5.41, 5.74) is 0.488. The van der Waals surface area contributed by atoms with Crippen LogP contribution in [0.25, 0.3) is 0 Å². The van der Waals surface area contributed by atoms with Crippen LogP contribution in [-0.2, 0) is 28.7 Å². The second-order valence-corrected chi connectivity index (χ2v) is 10.2. The van der Waals surface area contributed by atoms with Gasteiger partial charge in [0.05, 0.1) is 11.8 Å². The normalized spacial score (nSPS) is 39.5. The van der Waals surface area contributed by atoms with Gasteiger partial charge < -0.3 is 18.9 Å². The van der Waals surface area contributed by atoms with E-state index in [2.05, 4.69) is 0 Å². The Bertz CT molecular complexity index is 1110. The molecule has 3 aliphatic carbocycles. The maximum Gasteiger partial charge on any atom is 0.310 e. The summed E-state index contributed by atoms with van der Waals surface area (Å²) in [6, 6.07) is 3.12. The molecule has 5 aliphatic rings. The van der Waals surface area contributed by atoms with Gasteiger partial charge in [0.15, 0.2) is 0 Å². The number of ether oxygens (including phenoxy) is 4. The first-order valence-electron chi connectivity index (χ1n) is 11.7. The average Bonchev–Trinajstić information content (AvgIpc) is 3.27. The first-order valence-corrected chi connectivity index (χ1v) is 11.7. The molecular formula is C25H26O8. The van der Waals surface area contributed by atoms with Crippen molar-refractivity contribution < 1.29 is 38.1 Å². The number of rotatable bonds is 2. The molecule has 174 valence electrons. The van der Waals surface area contributed by atoms with Crippen molar-refractivity contribution in [3.8, 4) is 11.5 Å². The van der Waals surface area contributed by atoms with Crippen LogP contribution in [0.1, 0.15) is 69.8 Å². The molecule has 8 heteroatoms. The average molecular weight is 454 g/mol. The van der Waals surface area contributed by atoms with Crippen LogP contribution in [0, 0.1) is 35.0 Å². The van der Waals surface area contributed by atoms with Crippen LogP contribution in [0.2, 0.25) is 0 Å². The van der Waals surface area contributed by atoms with Crippen LogP contribution < -0.4 is 9.47 Å². The highest BCUT2D eigenvalue weighted by Gasteiger charge is 2.73. The quantitative estimate of drug-likeness (QED) is 0.494. The van der Waals surface area contributed by atoms with Gasteiger partial charge in [0.2, 0.25) is 0 Å². The monoisotopic (exact) mass is 454 g/mol. The predicted octanol–water partition coefficient (Wildman–Crippen LogP) is 3.42. The second-order valence-electron chi connectivity index (χ2n) is 10.2. The SMILES string of the molecule is CC(=O)Oc1ccc(OC(C)=O)c2c1C1OC(=O)C3CCC4C5CCC4(C2OC(=O)C5C)C31. The van der Waals surface area contributed by atoms with E-state index in [0.29, 0.717) is 17.5 Å². The van der Waals surface area contributed by atoms with Crippen LogP contribution >= 0.6 is 0 Å². The summed E-state index contributed by atoms with van der Waals surface area (Å²) < 4.78 is 23.3. The maximum atomic E-state index is 13.2. The number of esters is 4. The second kappa shape index (κ2) is 6.81. The van der Waals surface area contributed by atoms with Gasteiger partial charge in [0.25, 0.3) is 0 Å². The van der Waals surface area contributed by atoms with E-state index in [4.69, 9.17) is 18.9 Å². The first-order chi connectivity index (χ1) is 15.7. The predicted molar refractivity (Wildman–Crippen MR) is 111 cm³/mol. The lowest BCUT2D eigenvalue weighted by molar-refractivity contribution is -0.173. The molecule has 1 aromatic carbocycles.